The molecule has 0 saturated heterocycles. The molecule has 0 aliphatic heterocycles. The van der Waals surface area contributed by atoms with Crippen LogP contribution >= 0.6 is 11.3 Å². The zero-order chi connectivity index (χ0) is 18.0. The smallest absolute Gasteiger partial charge is 0.240 e. The third-order valence-corrected chi connectivity index (χ3v) is 6.18. The van der Waals surface area contributed by atoms with E-state index in [1.807, 2.05) is 42.1 Å². The van der Waals surface area contributed by atoms with E-state index in [-0.39, 0.29) is 17.5 Å². The zero-order valence-corrected chi connectivity index (χ0v) is 15.4. The molecule has 1 aromatic carbocycles. The molecule has 1 unspecified atom stereocenters. The maximum absolute atomic E-state index is 13.3. The molecular formula is C17H18FN3O2S2. The van der Waals surface area contributed by atoms with Crippen LogP contribution in [-0.4, -0.2) is 24.7 Å². The minimum absolute atomic E-state index is 0.0919. The number of rotatable bonds is 6. The highest BCUT2D eigenvalue weighted by atomic mass is 32.2. The summed E-state index contributed by atoms with van der Waals surface area (Å²) >= 11 is 1.54. The Balaban J connectivity index is 1.88. The van der Waals surface area contributed by atoms with Gasteiger partial charge in [-0.2, -0.15) is 5.10 Å². The molecule has 0 radical (unpaired) electrons. The van der Waals surface area contributed by atoms with Gasteiger partial charge in [-0.15, -0.1) is 11.3 Å². The van der Waals surface area contributed by atoms with Gasteiger partial charge in [0.15, 0.2) is 0 Å². The van der Waals surface area contributed by atoms with Crippen molar-refractivity contribution in [2.45, 2.75) is 24.8 Å². The van der Waals surface area contributed by atoms with Crippen molar-refractivity contribution in [3.05, 3.63) is 69.9 Å². The van der Waals surface area contributed by atoms with Crippen LogP contribution in [0.5, 0.6) is 0 Å². The molecule has 8 heteroatoms. The number of halogens is 1. The second kappa shape index (κ2) is 7.07. The Morgan fingerprint density at radius 3 is 2.64 bits per heavy atom. The van der Waals surface area contributed by atoms with E-state index in [2.05, 4.69) is 9.82 Å². The van der Waals surface area contributed by atoms with Crippen molar-refractivity contribution in [2.24, 2.45) is 0 Å². The fourth-order valence-electron chi connectivity index (χ4n) is 2.66. The number of hydrogen-bond donors (Lipinski definition) is 1. The van der Waals surface area contributed by atoms with Crippen molar-refractivity contribution in [1.82, 2.24) is 14.5 Å². The van der Waals surface area contributed by atoms with E-state index < -0.39 is 15.8 Å². The maximum atomic E-state index is 13.3. The van der Waals surface area contributed by atoms with Crippen LogP contribution in [0.3, 0.4) is 0 Å². The third kappa shape index (κ3) is 3.97. The monoisotopic (exact) mass is 379 g/mol. The summed E-state index contributed by atoms with van der Waals surface area (Å²) in [4.78, 5) is 0.902. The van der Waals surface area contributed by atoms with Crippen LogP contribution in [0.15, 0.2) is 52.7 Å². The number of nitrogens with one attached hydrogen (secondary N) is 1. The zero-order valence-electron chi connectivity index (χ0n) is 13.8. The van der Waals surface area contributed by atoms with Crippen molar-refractivity contribution in [3.8, 4) is 0 Å². The van der Waals surface area contributed by atoms with Crippen LogP contribution in [0.25, 0.3) is 0 Å². The van der Waals surface area contributed by atoms with Crippen molar-refractivity contribution < 1.29 is 12.8 Å². The van der Waals surface area contributed by atoms with E-state index in [0.29, 0.717) is 0 Å². The molecule has 3 rings (SSSR count). The lowest BCUT2D eigenvalue weighted by Gasteiger charge is -2.19. The summed E-state index contributed by atoms with van der Waals surface area (Å²) in [5.41, 5.74) is 1.81. The summed E-state index contributed by atoms with van der Waals surface area (Å²) < 4.78 is 42.7. The number of nitrogens with zero attached hydrogens (tertiary/aromatic N) is 2. The van der Waals surface area contributed by atoms with Crippen LogP contribution in [0, 0.1) is 19.7 Å². The number of aromatic nitrogens is 2. The standard InChI is InChI=1S/C17H18FN3O2S2/c1-12-9-13(2)21(20-12)16(17-7-4-8-24-17)11-19-25(22,23)15-6-3-5-14(18)10-15/h3-10,16,19H,11H2,1-2H3. The van der Waals surface area contributed by atoms with Gasteiger partial charge in [-0.1, -0.05) is 12.1 Å². The van der Waals surface area contributed by atoms with Crippen molar-refractivity contribution >= 4 is 21.4 Å². The van der Waals surface area contributed by atoms with E-state index >= 15 is 0 Å². The number of sulfonamides is 1. The number of hydrogen-bond acceptors (Lipinski definition) is 4. The van der Waals surface area contributed by atoms with Crippen LogP contribution in [-0.2, 0) is 10.0 Å². The lowest BCUT2D eigenvalue weighted by Crippen LogP contribution is -2.32. The topological polar surface area (TPSA) is 64.0 Å². The summed E-state index contributed by atoms with van der Waals surface area (Å²) in [6.45, 7) is 3.95. The molecule has 0 spiro atoms. The maximum Gasteiger partial charge on any atom is 0.240 e. The highest BCUT2D eigenvalue weighted by Gasteiger charge is 2.22. The molecule has 2 heterocycles. The molecule has 0 saturated carbocycles. The van der Waals surface area contributed by atoms with Gasteiger partial charge in [0.2, 0.25) is 10.0 Å². The van der Waals surface area contributed by atoms with E-state index in [9.17, 15) is 12.8 Å². The average molecular weight is 379 g/mol. The molecule has 5 nitrogen and oxygen atoms in total. The fraction of sp³-hybridized carbons (Fsp3) is 0.235. The fourth-order valence-corrected chi connectivity index (χ4v) is 4.54. The van der Waals surface area contributed by atoms with E-state index in [0.717, 1.165) is 22.3 Å². The summed E-state index contributed by atoms with van der Waals surface area (Å²) in [6, 6.07) is 10.5. The lowest BCUT2D eigenvalue weighted by atomic mass is 10.2. The van der Waals surface area contributed by atoms with Gasteiger partial charge >= 0.3 is 0 Å². The summed E-state index contributed by atoms with van der Waals surface area (Å²) in [5, 5.41) is 6.42. The molecule has 0 aliphatic carbocycles. The Bertz CT molecular complexity index is 966. The summed E-state index contributed by atoms with van der Waals surface area (Å²) in [5.74, 6) is -0.587. The molecule has 1 atom stereocenters. The van der Waals surface area contributed by atoms with E-state index in [1.54, 1.807) is 0 Å². The first kappa shape index (κ1) is 17.8. The largest absolute Gasteiger partial charge is 0.260 e. The van der Waals surface area contributed by atoms with Crippen molar-refractivity contribution in [2.75, 3.05) is 6.54 Å². The molecule has 132 valence electrons. The normalized spacial score (nSPS) is 13.1. The van der Waals surface area contributed by atoms with Gasteiger partial charge in [0.25, 0.3) is 0 Å². The highest BCUT2D eigenvalue weighted by molar-refractivity contribution is 7.89. The molecule has 3 aromatic rings. The minimum Gasteiger partial charge on any atom is -0.260 e. The van der Waals surface area contributed by atoms with Crippen LogP contribution in [0.1, 0.15) is 22.3 Å². The van der Waals surface area contributed by atoms with Gasteiger partial charge in [-0.3, -0.25) is 4.68 Å². The first-order valence-electron chi connectivity index (χ1n) is 7.68. The molecule has 2 aromatic heterocycles. The molecule has 0 bridgehead atoms. The number of benzene rings is 1. The van der Waals surface area contributed by atoms with Gasteiger partial charge in [0.05, 0.1) is 16.6 Å². The molecule has 25 heavy (non-hydrogen) atoms. The third-order valence-electron chi connectivity index (χ3n) is 3.78. The lowest BCUT2D eigenvalue weighted by molar-refractivity contribution is 0.499. The Morgan fingerprint density at radius 2 is 2.04 bits per heavy atom. The number of aryl methyl sites for hydroxylation is 2. The quantitative estimate of drug-likeness (QED) is 0.715. The van der Waals surface area contributed by atoms with Crippen LogP contribution in [0.4, 0.5) is 4.39 Å². The van der Waals surface area contributed by atoms with Crippen LogP contribution in [0.2, 0.25) is 0 Å². The summed E-state index contributed by atoms with van der Waals surface area (Å²) in [6.07, 6.45) is 0. The van der Waals surface area contributed by atoms with Crippen molar-refractivity contribution in [3.63, 3.8) is 0 Å². The molecule has 0 aliphatic rings. The predicted molar refractivity (Wildman–Crippen MR) is 95.7 cm³/mol. The van der Waals surface area contributed by atoms with Gasteiger partial charge in [0, 0.05) is 17.1 Å². The average Bonchev–Trinajstić information content (AvgIpc) is 3.18. The Morgan fingerprint density at radius 1 is 1.24 bits per heavy atom. The van der Waals surface area contributed by atoms with Gasteiger partial charge < -0.3 is 0 Å². The Hall–Kier alpha value is -2.03. The van der Waals surface area contributed by atoms with E-state index in [4.69, 9.17) is 0 Å². The molecule has 0 amide bonds. The first-order valence-corrected chi connectivity index (χ1v) is 10.0. The Kier molecular flexibility index (Phi) is 5.03. The number of thiophene rings is 1. The van der Waals surface area contributed by atoms with Gasteiger partial charge in [-0.05, 0) is 49.6 Å². The SMILES string of the molecule is Cc1cc(C)n(C(CNS(=O)(=O)c2cccc(F)c2)c2cccs2)n1. The minimum atomic E-state index is -3.81. The predicted octanol–water partition coefficient (Wildman–Crippen LogP) is 3.27. The second-order valence-corrected chi connectivity index (χ2v) is 8.46. The summed E-state index contributed by atoms with van der Waals surface area (Å²) in [7, 11) is -3.81. The molecule has 1 N–H and O–H groups in total. The Labute approximate surface area is 150 Å². The van der Waals surface area contributed by atoms with Crippen LogP contribution < -0.4 is 4.72 Å². The molecule has 0 fully saturated rings. The first-order chi connectivity index (χ1) is 11.9. The molecular weight excluding hydrogens is 361 g/mol. The van der Waals surface area contributed by atoms with Crippen molar-refractivity contribution in [1.29, 1.82) is 0 Å². The van der Waals surface area contributed by atoms with E-state index in [1.165, 1.54) is 29.5 Å². The van der Waals surface area contributed by atoms with Gasteiger partial charge in [-0.25, -0.2) is 17.5 Å². The second-order valence-electron chi connectivity index (χ2n) is 5.71. The highest BCUT2D eigenvalue weighted by Crippen LogP contribution is 2.24. The van der Waals surface area contributed by atoms with Gasteiger partial charge in [0.1, 0.15) is 5.82 Å².